The van der Waals surface area contributed by atoms with Crippen LogP contribution in [0.2, 0.25) is 0 Å². The second-order valence-electron chi connectivity index (χ2n) is 2.83. The second-order valence-corrected chi connectivity index (χ2v) is 2.83. The molecule has 0 amide bonds. The average Bonchev–Trinajstić information content (AvgIpc) is 2.16. The maximum atomic E-state index is 5.23. The zero-order chi connectivity index (χ0) is 9.68. The summed E-state index contributed by atoms with van der Waals surface area (Å²) in [7, 11) is 1.86. The van der Waals surface area contributed by atoms with Gasteiger partial charge in [-0.15, -0.1) is 12.3 Å². The highest BCUT2D eigenvalue weighted by Gasteiger charge is 2.08. The van der Waals surface area contributed by atoms with Crippen molar-refractivity contribution in [1.29, 1.82) is 0 Å². The molecule has 0 aliphatic carbocycles. The Morgan fingerprint density at radius 1 is 1.54 bits per heavy atom. The fraction of sp³-hybridized carbons (Fsp3) is 0.400. The fourth-order valence-corrected chi connectivity index (χ4v) is 1.05. The van der Waals surface area contributed by atoms with Crippen molar-refractivity contribution in [2.24, 2.45) is 0 Å². The van der Waals surface area contributed by atoms with E-state index in [2.05, 4.69) is 21.2 Å². The summed E-state index contributed by atoms with van der Waals surface area (Å²) in [5.41, 5.74) is 1.81. The molecule has 0 bridgehead atoms. The highest BCUT2D eigenvalue weighted by atomic mass is 14.9. The van der Waals surface area contributed by atoms with Crippen molar-refractivity contribution in [3.05, 3.63) is 23.8 Å². The summed E-state index contributed by atoms with van der Waals surface area (Å²) in [6.45, 7) is 1.91. The molecule has 1 N–H and O–H groups in total. The van der Waals surface area contributed by atoms with Crippen LogP contribution in [-0.4, -0.2) is 17.0 Å². The predicted molar refractivity (Wildman–Crippen MR) is 52.0 cm³/mol. The lowest BCUT2D eigenvalue weighted by Gasteiger charge is -2.11. The summed E-state index contributed by atoms with van der Waals surface area (Å²) < 4.78 is 0. The molecule has 1 heterocycles. The summed E-state index contributed by atoms with van der Waals surface area (Å²) in [5.74, 6) is 2.60. The first kappa shape index (κ1) is 9.69. The highest BCUT2D eigenvalue weighted by Crippen LogP contribution is 2.11. The van der Waals surface area contributed by atoms with Gasteiger partial charge in [0, 0.05) is 12.6 Å². The number of aromatic nitrogens is 2. The van der Waals surface area contributed by atoms with Crippen LogP contribution in [0.25, 0.3) is 0 Å². The van der Waals surface area contributed by atoms with Gasteiger partial charge in [-0.3, -0.25) is 9.97 Å². The number of terminal acetylenes is 1. The molecule has 3 heteroatoms. The van der Waals surface area contributed by atoms with E-state index in [1.165, 1.54) is 0 Å². The van der Waals surface area contributed by atoms with E-state index in [1.54, 1.807) is 12.4 Å². The lowest BCUT2D eigenvalue weighted by atomic mass is 10.1. The van der Waals surface area contributed by atoms with Gasteiger partial charge in [0.05, 0.1) is 23.6 Å². The number of hydrogen-bond acceptors (Lipinski definition) is 3. The van der Waals surface area contributed by atoms with E-state index in [9.17, 15) is 0 Å². The molecule has 0 aliphatic heterocycles. The monoisotopic (exact) mass is 175 g/mol. The minimum Gasteiger partial charge on any atom is -0.311 e. The van der Waals surface area contributed by atoms with Crippen LogP contribution in [0.15, 0.2) is 12.4 Å². The van der Waals surface area contributed by atoms with E-state index >= 15 is 0 Å². The van der Waals surface area contributed by atoms with Gasteiger partial charge >= 0.3 is 0 Å². The molecule has 0 aliphatic rings. The quantitative estimate of drug-likeness (QED) is 0.698. The molecular weight excluding hydrogens is 162 g/mol. The van der Waals surface area contributed by atoms with Crippen LogP contribution in [0.3, 0.4) is 0 Å². The van der Waals surface area contributed by atoms with Crippen molar-refractivity contribution < 1.29 is 0 Å². The smallest absolute Gasteiger partial charge is 0.0765 e. The number of aryl methyl sites for hydroxylation is 1. The maximum absolute atomic E-state index is 5.23. The lowest BCUT2D eigenvalue weighted by Crippen LogP contribution is -2.17. The molecule has 3 nitrogen and oxygen atoms in total. The van der Waals surface area contributed by atoms with Gasteiger partial charge in [-0.2, -0.15) is 0 Å². The first-order valence-electron chi connectivity index (χ1n) is 4.17. The van der Waals surface area contributed by atoms with Crippen molar-refractivity contribution in [3.8, 4) is 12.3 Å². The second kappa shape index (κ2) is 4.58. The molecule has 1 aromatic heterocycles. The largest absolute Gasteiger partial charge is 0.311 e. The minimum absolute atomic E-state index is 0.109. The summed E-state index contributed by atoms with van der Waals surface area (Å²) in [6.07, 6.45) is 9.37. The third kappa shape index (κ3) is 2.53. The van der Waals surface area contributed by atoms with Crippen LogP contribution in [-0.2, 0) is 0 Å². The van der Waals surface area contributed by atoms with E-state index in [-0.39, 0.29) is 6.04 Å². The first-order chi connectivity index (χ1) is 6.27. The maximum Gasteiger partial charge on any atom is 0.0765 e. The van der Waals surface area contributed by atoms with Gasteiger partial charge in [0.15, 0.2) is 0 Å². The number of nitrogens with one attached hydrogen (secondary N) is 1. The Balaban J connectivity index is 2.80. The normalized spacial score (nSPS) is 12.1. The van der Waals surface area contributed by atoms with Crippen molar-refractivity contribution >= 4 is 0 Å². The Hall–Kier alpha value is -1.40. The van der Waals surface area contributed by atoms with Gasteiger partial charge in [0.25, 0.3) is 0 Å². The molecular formula is C10H13N3. The molecule has 1 aromatic rings. The molecule has 0 saturated heterocycles. The number of rotatable bonds is 3. The summed E-state index contributed by atoms with van der Waals surface area (Å²) >= 11 is 0. The molecule has 13 heavy (non-hydrogen) atoms. The number of hydrogen-bond donors (Lipinski definition) is 1. The van der Waals surface area contributed by atoms with E-state index < -0.39 is 0 Å². The SMILES string of the molecule is C#CCC(NC)c1cnc(C)cn1. The minimum atomic E-state index is 0.109. The third-order valence-corrected chi connectivity index (χ3v) is 1.83. The Morgan fingerprint density at radius 3 is 2.77 bits per heavy atom. The van der Waals surface area contributed by atoms with E-state index in [4.69, 9.17) is 6.42 Å². The zero-order valence-electron chi connectivity index (χ0n) is 7.91. The van der Waals surface area contributed by atoms with Crippen molar-refractivity contribution in [3.63, 3.8) is 0 Å². The molecule has 0 radical (unpaired) electrons. The van der Waals surface area contributed by atoms with Crippen LogP contribution in [0.1, 0.15) is 23.9 Å². The molecule has 0 aromatic carbocycles. The third-order valence-electron chi connectivity index (χ3n) is 1.83. The van der Waals surface area contributed by atoms with Crippen LogP contribution in [0.5, 0.6) is 0 Å². The van der Waals surface area contributed by atoms with Crippen molar-refractivity contribution in [1.82, 2.24) is 15.3 Å². The van der Waals surface area contributed by atoms with Crippen molar-refractivity contribution in [2.45, 2.75) is 19.4 Å². The zero-order valence-corrected chi connectivity index (χ0v) is 7.91. The van der Waals surface area contributed by atoms with E-state index in [1.807, 2.05) is 14.0 Å². The molecule has 1 atom stereocenters. The van der Waals surface area contributed by atoms with Gasteiger partial charge in [0.2, 0.25) is 0 Å². The van der Waals surface area contributed by atoms with Gasteiger partial charge in [-0.05, 0) is 14.0 Å². The van der Waals surface area contributed by atoms with E-state index in [0.29, 0.717) is 6.42 Å². The topological polar surface area (TPSA) is 37.8 Å². The van der Waals surface area contributed by atoms with Crippen LogP contribution >= 0.6 is 0 Å². The van der Waals surface area contributed by atoms with Gasteiger partial charge in [0.1, 0.15) is 0 Å². The molecule has 0 saturated carbocycles. The van der Waals surface area contributed by atoms with Crippen LogP contribution < -0.4 is 5.32 Å². The Kier molecular flexibility index (Phi) is 3.41. The van der Waals surface area contributed by atoms with Crippen molar-refractivity contribution in [2.75, 3.05) is 7.05 Å². The Labute approximate surface area is 78.6 Å². The molecule has 68 valence electrons. The van der Waals surface area contributed by atoms with Gasteiger partial charge in [-0.25, -0.2) is 0 Å². The molecule has 1 rings (SSSR count). The molecule has 0 fully saturated rings. The van der Waals surface area contributed by atoms with E-state index in [0.717, 1.165) is 11.4 Å². The summed E-state index contributed by atoms with van der Waals surface area (Å²) in [5, 5.41) is 3.09. The highest BCUT2D eigenvalue weighted by molar-refractivity contribution is 5.08. The summed E-state index contributed by atoms with van der Waals surface area (Å²) in [4.78, 5) is 8.41. The van der Waals surface area contributed by atoms with Gasteiger partial charge in [-0.1, -0.05) is 0 Å². The average molecular weight is 175 g/mol. The molecule has 1 unspecified atom stereocenters. The van der Waals surface area contributed by atoms with Gasteiger partial charge < -0.3 is 5.32 Å². The van der Waals surface area contributed by atoms with Crippen LogP contribution in [0.4, 0.5) is 0 Å². The lowest BCUT2D eigenvalue weighted by molar-refractivity contribution is 0.590. The standard InChI is InChI=1S/C10H13N3/c1-4-5-9(11-3)10-7-12-8(2)6-13-10/h1,6-7,9,11H,5H2,2-3H3. The number of nitrogens with zero attached hydrogens (tertiary/aromatic N) is 2. The predicted octanol–water partition coefficient (Wildman–Crippen LogP) is 1.07. The fourth-order valence-electron chi connectivity index (χ4n) is 1.05. The Bertz CT molecular complexity index is 297. The van der Waals surface area contributed by atoms with Crippen LogP contribution in [0, 0.1) is 19.3 Å². The summed E-state index contributed by atoms with van der Waals surface area (Å²) in [6, 6.07) is 0.109. The Morgan fingerprint density at radius 2 is 2.31 bits per heavy atom. The molecule has 0 spiro atoms. The first-order valence-corrected chi connectivity index (χ1v) is 4.17.